The zero-order valence-electron chi connectivity index (χ0n) is 20.8. The van der Waals surface area contributed by atoms with E-state index in [2.05, 4.69) is 0 Å². The Labute approximate surface area is 197 Å². The van der Waals surface area contributed by atoms with Crippen LogP contribution in [0.1, 0.15) is 19.4 Å². The summed E-state index contributed by atoms with van der Waals surface area (Å²) in [7, 11) is -3.95. The van der Waals surface area contributed by atoms with Crippen molar-refractivity contribution < 1.29 is 31.6 Å². The Morgan fingerprint density at radius 2 is 1.58 bits per heavy atom. The summed E-state index contributed by atoms with van der Waals surface area (Å²) in [6, 6.07) is 6.48. The molecule has 0 saturated carbocycles. The number of hydrogen-bond acceptors (Lipinski definition) is 5. The fourth-order valence-corrected chi connectivity index (χ4v) is 4.97. The van der Waals surface area contributed by atoms with Crippen LogP contribution in [0.15, 0.2) is 24.3 Å². The molecule has 0 aromatic heterocycles. The van der Waals surface area contributed by atoms with Crippen LogP contribution in [0.25, 0.3) is 0 Å². The van der Waals surface area contributed by atoms with Crippen molar-refractivity contribution in [2.75, 3.05) is 13.2 Å². The van der Waals surface area contributed by atoms with Gasteiger partial charge in [-0.15, -0.1) is 0 Å². The average Bonchev–Trinajstić information content (AvgIpc) is 2.60. The Bertz CT molecular complexity index is 789. The number of benzene rings is 1. The lowest BCUT2D eigenvalue weighted by Crippen LogP contribution is -2.51. The molecule has 1 N–H and O–H groups in total. The highest BCUT2D eigenvalue weighted by molar-refractivity contribution is 6.71. The maximum atomic E-state index is 13.0. The molecule has 1 amide bonds. The van der Waals surface area contributed by atoms with E-state index >= 15 is 0 Å². The van der Waals surface area contributed by atoms with Gasteiger partial charge in [-0.3, -0.25) is 10.2 Å². The van der Waals surface area contributed by atoms with Gasteiger partial charge in [0.2, 0.25) is 8.32 Å². The normalized spacial score (nSPS) is 13.6. The highest BCUT2D eigenvalue weighted by atomic mass is 28.4. The van der Waals surface area contributed by atoms with Gasteiger partial charge in [0.1, 0.15) is 12.4 Å². The van der Waals surface area contributed by atoms with Crippen molar-refractivity contribution in [2.24, 2.45) is 0 Å². The van der Waals surface area contributed by atoms with Crippen molar-refractivity contribution in [1.82, 2.24) is 4.90 Å². The summed E-state index contributed by atoms with van der Waals surface area (Å²) in [5, 5.41) is 7.99. The second-order valence-corrected chi connectivity index (χ2v) is 19.1. The molecular weight excluding hydrogens is 469 g/mol. The Morgan fingerprint density at radius 3 is 2.00 bits per heavy atom. The first-order chi connectivity index (χ1) is 14.9. The predicted octanol–water partition coefficient (Wildman–Crippen LogP) is 5.46. The molecule has 6 nitrogen and oxygen atoms in total. The van der Waals surface area contributed by atoms with Crippen LogP contribution in [0.3, 0.4) is 0 Å². The molecule has 0 radical (unpaired) electrons. The number of hydrogen-bond donors (Lipinski definition) is 1. The maximum absolute atomic E-state index is 13.0. The van der Waals surface area contributed by atoms with E-state index in [0.717, 1.165) is 10.5 Å². The first kappa shape index (κ1) is 29.2. The molecule has 0 heterocycles. The number of alkyl halides is 3. The van der Waals surface area contributed by atoms with Gasteiger partial charge in [-0.25, -0.2) is 0 Å². The number of carbonyl (C=O) groups excluding carboxylic acids is 1. The minimum atomic E-state index is -4.95. The number of rotatable bonds is 11. The van der Waals surface area contributed by atoms with E-state index in [9.17, 15) is 18.0 Å². The van der Waals surface area contributed by atoms with Crippen molar-refractivity contribution >= 4 is 28.4 Å². The SMILES string of the molecule is CC(C)N(CC(COc1ccc(CC(=N)O[Si](C)(C)C)cc1)O[Si](C)(C)C)C(=O)C(F)(F)F. The molecule has 0 aliphatic carbocycles. The fourth-order valence-electron chi connectivity index (χ4n) is 3.02. The fraction of sp³-hybridized carbons (Fsp3) is 0.636. The van der Waals surface area contributed by atoms with Gasteiger partial charge in [0.05, 0.1) is 6.10 Å². The third kappa shape index (κ3) is 11.7. The summed E-state index contributed by atoms with van der Waals surface area (Å²) in [5.74, 6) is -1.14. The monoisotopic (exact) mass is 506 g/mol. The lowest BCUT2D eigenvalue weighted by atomic mass is 10.1. The van der Waals surface area contributed by atoms with Crippen LogP contribution >= 0.6 is 0 Å². The molecule has 33 heavy (non-hydrogen) atoms. The first-order valence-electron chi connectivity index (χ1n) is 10.9. The summed E-state index contributed by atoms with van der Waals surface area (Å²) in [5.41, 5.74) is 0.891. The first-order valence-corrected chi connectivity index (χ1v) is 17.7. The molecule has 1 aromatic carbocycles. The number of nitrogens with one attached hydrogen (secondary N) is 1. The van der Waals surface area contributed by atoms with Gasteiger partial charge in [-0.2, -0.15) is 13.2 Å². The van der Waals surface area contributed by atoms with E-state index in [0.29, 0.717) is 12.2 Å². The predicted molar refractivity (Wildman–Crippen MR) is 129 cm³/mol. The summed E-state index contributed by atoms with van der Waals surface area (Å²) in [6.07, 6.45) is -5.28. The van der Waals surface area contributed by atoms with Gasteiger partial charge < -0.3 is 18.5 Å². The van der Waals surface area contributed by atoms with Gasteiger partial charge in [0.15, 0.2) is 14.2 Å². The van der Waals surface area contributed by atoms with E-state index in [1.165, 1.54) is 13.8 Å². The number of nitrogens with zero attached hydrogens (tertiary/aromatic N) is 1. The van der Waals surface area contributed by atoms with E-state index in [4.69, 9.17) is 19.0 Å². The third-order valence-corrected chi connectivity index (χ3v) is 6.10. The smallest absolute Gasteiger partial charge is 0.471 e. The molecule has 0 bridgehead atoms. The van der Waals surface area contributed by atoms with Crippen molar-refractivity contribution in [3.63, 3.8) is 0 Å². The van der Waals surface area contributed by atoms with Crippen molar-refractivity contribution in [1.29, 1.82) is 5.41 Å². The molecule has 0 aliphatic rings. The number of halogens is 3. The molecule has 0 saturated heterocycles. The summed E-state index contributed by atoms with van der Waals surface area (Å²) < 4.78 is 56.6. The van der Waals surface area contributed by atoms with Crippen LogP contribution in [0.2, 0.25) is 39.3 Å². The number of carbonyl (C=O) groups is 1. The molecule has 11 heteroatoms. The molecular formula is C22H37F3N2O4Si2. The van der Waals surface area contributed by atoms with E-state index in [-0.39, 0.29) is 19.0 Å². The van der Waals surface area contributed by atoms with Gasteiger partial charge in [0.25, 0.3) is 0 Å². The third-order valence-electron chi connectivity index (χ3n) is 4.20. The van der Waals surface area contributed by atoms with E-state index < -0.39 is 40.9 Å². The summed E-state index contributed by atoms with van der Waals surface area (Å²) >= 11 is 0. The Hall–Kier alpha value is -1.86. The highest BCUT2D eigenvalue weighted by Crippen LogP contribution is 2.22. The quantitative estimate of drug-likeness (QED) is 0.246. The largest absolute Gasteiger partial charge is 0.535 e. The van der Waals surface area contributed by atoms with Gasteiger partial charge in [0, 0.05) is 19.0 Å². The zero-order valence-corrected chi connectivity index (χ0v) is 22.8. The molecule has 0 spiro atoms. The van der Waals surface area contributed by atoms with Crippen LogP contribution in [0.4, 0.5) is 13.2 Å². The van der Waals surface area contributed by atoms with Crippen LogP contribution < -0.4 is 4.74 Å². The molecule has 0 fully saturated rings. The van der Waals surface area contributed by atoms with Crippen molar-refractivity contribution in [3.8, 4) is 5.75 Å². The second-order valence-electron chi connectivity index (χ2n) is 10.2. The van der Waals surface area contributed by atoms with Gasteiger partial charge >= 0.3 is 12.1 Å². The average molecular weight is 507 g/mol. The molecule has 1 aromatic rings. The summed E-state index contributed by atoms with van der Waals surface area (Å²) in [6.45, 7) is 14.7. The minimum absolute atomic E-state index is 0.00648. The van der Waals surface area contributed by atoms with Crippen molar-refractivity contribution in [2.45, 2.75) is 77.9 Å². The van der Waals surface area contributed by atoms with E-state index in [1.807, 2.05) is 51.4 Å². The molecule has 1 atom stereocenters. The lowest BCUT2D eigenvalue weighted by Gasteiger charge is -2.34. The Balaban J connectivity index is 2.85. The van der Waals surface area contributed by atoms with Crippen LogP contribution in [0, 0.1) is 5.41 Å². The maximum Gasteiger partial charge on any atom is 0.471 e. The molecule has 1 rings (SSSR count). The number of ether oxygens (including phenoxy) is 1. The topological polar surface area (TPSA) is 71.8 Å². The number of amides is 1. The Kier molecular flexibility index (Phi) is 10.2. The minimum Gasteiger partial charge on any atom is -0.535 e. The standard InChI is InChI=1S/C22H37F3N2O4Si2/c1-16(2)27(21(28)22(23,24)25)14-19(30-32(3,4)5)15-29-18-11-9-17(10-12-18)13-20(26)31-33(6,7)8/h9-12,16,19,26H,13-15H2,1-8H3. The molecule has 188 valence electrons. The molecule has 1 unspecified atom stereocenters. The van der Waals surface area contributed by atoms with Crippen LogP contribution in [-0.2, 0) is 20.1 Å². The zero-order chi connectivity index (χ0) is 25.6. The van der Waals surface area contributed by atoms with Crippen LogP contribution in [0.5, 0.6) is 5.75 Å². The Morgan fingerprint density at radius 1 is 1.03 bits per heavy atom. The van der Waals surface area contributed by atoms with E-state index in [1.54, 1.807) is 12.1 Å². The second kappa shape index (κ2) is 11.5. The molecule has 0 aliphatic heterocycles. The summed E-state index contributed by atoms with van der Waals surface area (Å²) in [4.78, 5) is 12.7. The van der Waals surface area contributed by atoms with Gasteiger partial charge in [-0.05, 0) is 70.8 Å². The van der Waals surface area contributed by atoms with Gasteiger partial charge in [-0.1, -0.05) is 12.1 Å². The highest BCUT2D eigenvalue weighted by Gasteiger charge is 2.44. The lowest BCUT2D eigenvalue weighted by molar-refractivity contribution is -0.188. The van der Waals surface area contributed by atoms with Crippen molar-refractivity contribution in [3.05, 3.63) is 29.8 Å². The van der Waals surface area contributed by atoms with Crippen LogP contribution in [-0.4, -0.2) is 64.8 Å².